The SMILES string of the molecule is CN(CC(N)=O)S(=O)(=O)c1cccc2c1CCCN2. The van der Waals surface area contributed by atoms with E-state index >= 15 is 0 Å². The fourth-order valence-corrected chi connectivity index (χ4v) is 3.60. The Morgan fingerprint density at radius 1 is 1.47 bits per heavy atom. The third kappa shape index (κ3) is 2.71. The lowest BCUT2D eigenvalue weighted by atomic mass is 10.0. The Hall–Kier alpha value is -1.60. The van der Waals surface area contributed by atoms with E-state index in [0.29, 0.717) is 6.42 Å². The van der Waals surface area contributed by atoms with Gasteiger partial charge in [-0.3, -0.25) is 4.79 Å². The maximum absolute atomic E-state index is 12.4. The molecule has 6 nitrogen and oxygen atoms in total. The van der Waals surface area contributed by atoms with Crippen LogP contribution in [0.4, 0.5) is 5.69 Å². The van der Waals surface area contributed by atoms with Gasteiger partial charge < -0.3 is 11.1 Å². The number of carbonyl (C=O) groups is 1. The predicted octanol–water partition coefficient (Wildman–Crippen LogP) is 0.150. The van der Waals surface area contributed by atoms with Gasteiger partial charge in [-0.05, 0) is 30.5 Å². The van der Waals surface area contributed by atoms with E-state index in [1.165, 1.54) is 7.05 Å². The van der Waals surface area contributed by atoms with Gasteiger partial charge in [-0.2, -0.15) is 4.31 Å². The average molecular weight is 283 g/mol. The van der Waals surface area contributed by atoms with Crippen molar-refractivity contribution in [3.05, 3.63) is 23.8 Å². The molecule has 0 bridgehead atoms. The molecule has 3 N–H and O–H groups in total. The molecule has 1 heterocycles. The summed E-state index contributed by atoms with van der Waals surface area (Å²) in [5.41, 5.74) is 6.68. The smallest absolute Gasteiger partial charge is 0.243 e. The van der Waals surface area contributed by atoms with E-state index in [-0.39, 0.29) is 11.4 Å². The molecule has 1 aromatic rings. The Labute approximate surface area is 112 Å². The minimum Gasteiger partial charge on any atom is -0.385 e. The number of amides is 1. The molecule has 0 aliphatic carbocycles. The standard InChI is InChI=1S/C12H17N3O3S/c1-15(8-12(13)16)19(17,18)11-6-2-5-10-9(11)4-3-7-14-10/h2,5-6,14H,3-4,7-8H2,1H3,(H2,13,16). The van der Waals surface area contributed by atoms with Crippen molar-refractivity contribution in [1.29, 1.82) is 0 Å². The number of nitrogens with two attached hydrogens (primary N) is 1. The van der Waals surface area contributed by atoms with E-state index in [1.807, 2.05) is 6.07 Å². The molecule has 0 atom stereocenters. The second-order valence-corrected chi connectivity index (χ2v) is 6.55. The molecule has 0 saturated carbocycles. The van der Waals surface area contributed by atoms with E-state index in [1.54, 1.807) is 12.1 Å². The first-order valence-electron chi connectivity index (χ1n) is 6.03. The minimum atomic E-state index is -3.68. The lowest BCUT2D eigenvalue weighted by molar-refractivity contribution is -0.118. The van der Waals surface area contributed by atoms with Crippen LogP contribution in [0.2, 0.25) is 0 Å². The highest BCUT2D eigenvalue weighted by Gasteiger charge is 2.27. The molecular formula is C12H17N3O3S. The van der Waals surface area contributed by atoms with Crippen LogP contribution in [0, 0.1) is 0 Å². The number of nitrogens with zero attached hydrogens (tertiary/aromatic N) is 1. The molecule has 1 aliphatic rings. The third-order valence-electron chi connectivity index (χ3n) is 3.12. The second kappa shape index (κ2) is 5.18. The summed E-state index contributed by atoms with van der Waals surface area (Å²) in [5.74, 6) is -0.672. The van der Waals surface area contributed by atoms with Gasteiger partial charge >= 0.3 is 0 Å². The molecule has 2 rings (SSSR count). The quantitative estimate of drug-likeness (QED) is 0.822. The van der Waals surface area contributed by atoms with Gasteiger partial charge in [0.15, 0.2) is 0 Å². The molecule has 1 aliphatic heterocycles. The van der Waals surface area contributed by atoms with Gasteiger partial charge in [0.2, 0.25) is 15.9 Å². The van der Waals surface area contributed by atoms with Crippen molar-refractivity contribution in [2.24, 2.45) is 5.73 Å². The molecule has 0 saturated heterocycles. The number of nitrogens with one attached hydrogen (secondary N) is 1. The summed E-state index contributed by atoms with van der Waals surface area (Å²) >= 11 is 0. The number of carbonyl (C=O) groups excluding carboxylic acids is 1. The Kier molecular flexibility index (Phi) is 3.77. The summed E-state index contributed by atoms with van der Waals surface area (Å²) in [6.07, 6.45) is 1.60. The number of hydrogen-bond donors (Lipinski definition) is 2. The predicted molar refractivity (Wildman–Crippen MR) is 72.3 cm³/mol. The van der Waals surface area contributed by atoms with Crippen LogP contribution in [0.1, 0.15) is 12.0 Å². The van der Waals surface area contributed by atoms with Crippen LogP contribution in [0.5, 0.6) is 0 Å². The number of rotatable bonds is 4. The van der Waals surface area contributed by atoms with Crippen molar-refractivity contribution in [1.82, 2.24) is 4.31 Å². The van der Waals surface area contributed by atoms with Crippen LogP contribution in [0.15, 0.2) is 23.1 Å². The van der Waals surface area contributed by atoms with Crippen molar-refractivity contribution in [2.45, 2.75) is 17.7 Å². The number of fused-ring (bicyclic) bond motifs is 1. The van der Waals surface area contributed by atoms with Crippen molar-refractivity contribution in [3.8, 4) is 0 Å². The molecule has 0 radical (unpaired) electrons. The van der Waals surface area contributed by atoms with Crippen LogP contribution in [0.25, 0.3) is 0 Å². The van der Waals surface area contributed by atoms with E-state index in [9.17, 15) is 13.2 Å². The van der Waals surface area contributed by atoms with Crippen molar-refractivity contribution in [2.75, 3.05) is 25.5 Å². The maximum atomic E-state index is 12.4. The molecule has 19 heavy (non-hydrogen) atoms. The van der Waals surface area contributed by atoms with Gasteiger partial charge in [-0.15, -0.1) is 0 Å². The monoisotopic (exact) mass is 283 g/mol. The van der Waals surface area contributed by atoms with Crippen LogP contribution in [-0.4, -0.2) is 38.8 Å². The molecule has 0 aromatic heterocycles. The van der Waals surface area contributed by atoms with Gasteiger partial charge in [0.1, 0.15) is 0 Å². The molecule has 0 unspecified atom stereocenters. The molecule has 1 aromatic carbocycles. The Morgan fingerprint density at radius 2 is 2.21 bits per heavy atom. The van der Waals surface area contributed by atoms with Crippen LogP contribution in [-0.2, 0) is 21.2 Å². The molecule has 0 spiro atoms. The van der Waals surface area contributed by atoms with Crippen molar-refractivity contribution < 1.29 is 13.2 Å². The summed E-state index contributed by atoms with van der Waals surface area (Å²) in [6.45, 7) is 0.521. The first-order chi connectivity index (χ1) is 8.93. The van der Waals surface area contributed by atoms with E-state index in [0.717, 1.165) is 28.5 Å². The Balaban J connectivity index is 2.43. The topological polar surface area (TPSA) is 92.5 Å². The Morgan fingerprint density at radius 3 is 2.89 bits per heavy atom. The first kappa shape index (κ1) is 13.8. The summed E-state index contributed by atoms with van der Waals surface area (Å²) in [7, 11) is -2.33. The fraction of sp³-hybridized carbons (Fsp3) is 0.417. The lowest BCUT2D eigenvalue weighted by Gasteiger charge is -2.23. The van der Waals surface area contributed by atoms with E-state index in [4.69, 9.17) is 5.73 Å². The highest BCUT2D eigenvalue weighted by atomic mass is 32.2. The van der Waals surface area contributed by atoms with Gasteiger partial charge in [0.25, 0.3) is 0 Å². The largest absolute Gasteiger partial charge is 0.385 e. The van der Waals surface area contributed by atoms with Crippen LogP contribution < -0.4 is 11.1 Å². The lowest BCUT2D eigenvalue weighted by Crippen LogP contribution is -2.36. The number of benzene rings is 1. The number of primary amides is 1. The molecule has 7 heteroatoms. The summed E-state index contributed by atoms with van der Waals surface area (Å²) < 4.78 is 25.8. The summed E-state index contributed by atoms with van der Waals surface area (Å²) in [5, 5.41) is 3.18. The fourth-order valence-electron chi connectivity index (χ4n) is 2.19. The van der Waals surface area contributed by atoms with Gasteiger partial charge in [0, 0.05) is 19.3 Å². The van der Waals surface area contributed by atoms with Gasteiger partial charge in [0.05, 0.1) is 11.4 Å². The van der Waals surface area contributed by atoms with Crippen LogP contribution in [0.3, 0.4) is 0 Å². The zero-order valence-corrected chi connectivity index (χ0v) is 11.5. The summed E-state index contributed by atoms with van der Waals surface area (Å²) in [4.78, 5) is 11.1. The Bertz CT molecular complexity index is 598. The third-order valence-corrected chi connectivity index (χ3v) is 5.01. The van der Waals surface area contributed by atoms with Gasteiger partial charge in [-0.1, -0.05) is 6.07 Å². The van der Waals surface area contributed by atoms with E-state index < -0.39 is 15.9 Å². The van der Waals surface area contributed by atoms with Crippen molar-refractivity contribution >= 4 is 21.6 Å². The number of hydrogen-bond acceptors (Lipinski definition) is 4. The zero-order chi connectivity index (χ0) is 14.0. The van der Waals surface area contributed by atoms with Crippen molar-refractivity contribution in [3.63, 3.8) is 0 Å². The molecule has 104 valence electrons. The highest BCUT2D eigenvalue weighted by molar-refractivity contribution is 7.89. The number of sulfonamides is 1. The molecule has 0 fully saturated rings. The summed E-state index contributed by atoms with van der Waals surface area (Å²) in [6, 6.07) is 5.13. The van der Waals surface area contributed by atoms with E-state index in [2.05, 4.69) is 5.32 Å². The maximum Gasteiger partial charge on any atom is 0.243 e. The minimum absolute atomic E-state index is 0.251. The number of anilines is 1. The van der Waals surface area contributed by atoms with Gasteiger partial charge in [-0.25, -0.2) is 8.42 Å². The van der Waals surface area contributed by atoms with Crippen LogP contribution >= 0.6 is 0 Å². The average Bonchev–Trinajstić information content (AvgIpc) is 2.37. The zero-order valence-electron chi connectivity index (χ0n) is 10.7. The second-order valence-electron chi connectivity index (χ2n) is 4.54. The molecular weight excluding hydrogens is 266 g/mol. The first-order valence-corrected chi connectivity index (χ1v) is 7.47. The number of likely N-dealkylation sites (N-methyl/N-ethyl adjacent to an activating group) is 1. The molecule has 1 amide bonds. The highest BCUT2D eigenvalue weighted by Crippen LogP contribution is 2.29. The normalized spacial score (nSPS) is 14.8.